The van der Waals surface area contributed by atoms with Gasteiger partial charge in [-0.1, -0.05) is 36.8 Å². The van der Waals surface area contributed by atoms with Crippen LogP contribution in [0.4, 0.5) is 11.4 Å². The van der Waals surface area contributed by atoms with Crippen LogP contribution in [0, 0.1) is 6.92 Å². The van der Waals surface area contributed by atoms with Gasteiger partial charge in [0.2, 0.25) is 0 Å². The molecule has 2 nitrogen and oxygen atoms in total. The van der Waals surface area contributed by atoms with Crippen molar-refractivity contribution in [3.8, 4) is 0 Å². The lowest BCUT2D eigenvalue weighted by Crippen LogP contribution is -2.13. The van der Waals surface area contributed by atoms with Crippen molar-refractivity contribution < 1.29 is 0 Å². The van der Waals surface area contributed by atoms with Crippen LogP contribution in [-0.2, 0) is 0 Å². The molecule has 0 amide bonds. The minimum atomic E-state index is 0.403. The zero-order valence-electron chi connectivity index (χ0n) is 11.9. The SMILES string of the molecule is CCSc1cccc(Nc2ccc(Cl)cc2C)c1C(N)=S. The molecule has 110 valence electrons. The molecule has 0 heterocycles. The van der Waals surface area contributed by atoms with E-state index in [-0.39, 0.29) is 0 Å². The summed E-state index contributed by atoms with van der Waals surface area (Å²) >= 11 is 13.0. The fourth-order valence-corrected chi connectivity index (χ4v) is 3.44. The molecule has 0 aliphatic rings. The van der Waals surface area contributed by atoms with Crippen LogP contribution in [0.25, 0.3) is 0 Å². The number of halogens is 1. The van der Waals surface area contributed by atoms with Crippen LogP contribution >= 0.6 is 35.6 Å². The highest BCUT2D eigenvalue weighted by Gasteiger charge is 2.12. The highest BCUT2D eigenvalue weighted by atomic mass is 35.5. The Morgan fingerprint density at radius 1 is 1.29 bits per heavy atom. The highest BCUT2D eigenvalue weighted by Crippen LogP contribution is 2.31. The molecule has 5 heteroatoms. The van der Waals surface area contributed by atoms with Gasteiger partial charge in [0.15, 0.2) is 0 Å². The summed E-state index contributed by atoms with van der Waals surface area (Å²) in [6.07, 6.45) is 0. The van der Waals surface area contributed by atoms with E-state index in [0.717, 1.165) is 38.2 Å². The number of rotatable bonds is 5. The topological polar surface area (TPSA) is 38.0 Å². The molecule has 0 aliphatic heterocycles. The summed E-state index contributed by atoms with van der Waals surface area (Å²) in [7, 11) is 0. The Bertz CT molecular complexity index is 671. The number of thioether (sulfide) groups is 1. The molecule has 0 aliphatic carbocycles. The van der Waals surface area contributed by atoms with Gasteiger partial charge in [0.25, 0.3) is 0 Å². The molecule has 0 saturated heterocycles. The van der Waals surface area contributed by atoms with Gasteiger partial charge in [-0.25, -0.2) is 0 Å². The van der Waals surface area contributed by atoms with Crippen LogP contribution in [0.3, 0.4) is 0 Å². The van der Waals surface area contributed by atoms with Crippen molar-refractivity contribution in [1.29, 1.82) is 0 Å². The number of nitrogens with two attached hydrogens (primary N) is 1. The quantitative estimate of drug-likeness (QED) is 0.585. The van der Waals surface area contributed by atoms with Crippen LogP contribution in [0.15, 0.2) is 41.3 Å². The van der Waals surface area contributed by atoms with Crippen molar-refractivity contribution in [2.75, 3.05) is 11.1 Å². The number of thiocarbonyl (C=S) groups is 1. The van der Waals surface area contributed by atoms with E-state index in [0.29, 0.717) is 4.99 Å². The van der Waals surface area contributed by atoms with E-state index >= 15 is 0 Å². The van der Waals surface area contributed by atoms with Crippen LogP contribution in [0.2, 0.25) is 5.02 Å². The first-order valence-corrected chi connectivity index (χ1v) is 8.39. The molecule has 0 radical (unpaired) electrons. The summed E-state index contributed by atoms with van der Waals surface area (Å²) < 4.78 is 0. The lowest BCUT2D eigenvalue weighted by atomic mass is 10.1. The average molecular weight is 337 g/mol. The molecule has 0 spiro atoms. The van der Waals surface area contributed by atoms with E-state index in [2.05, 4.69) is 12.2 Å². The normalized spacial score (nSPS) is 10.4. The number of hydrogen-bond acceptors (Lipinski definition) is 3. The second kappa shape index (κ2) is 7.16. The molecule has 0 atom stereocenters. The van der Waals surface area contributed by atoms with Gasteiger partial charge < -0.3 is 11.1 Å². The molecule has 2 aromatic carbocycles. The third-order valence-electron chi connectivity index (χ3n) is 3.03. The Kier molecular flexibility index (Phi) is 5.51. The highest BCUT2D eigenvalue weighted by molar-refractivity contribution is 7.99. The fraction of sp³-hybridized carbons (Fsp3) is 0.188. The van der Waals surface area contributed by atoms with E-state index in [1.807, 2.05) is 43.3 Å². The van der Waals surface area contributed by atoms with Crippen molar-refractivity contribution in [1.82, 2.24) is 0 Å². The lowest BCUT2D eigenvalue weighted by Gasteiger charge is -2.16. The number of benzene rings is 2. The molecule has 0 bridgehead atoms. The second-order valence-corrected chi connectivity index (χ2v) is 6.74. The van der Waals surface area contributed by atoms with Crippen molar-refractivity contribution in [3.63, 3.8) is 0 Å². The van der Waals surface area contributed by atoms with Gasteiger partial charge in [-0.3, -0.25) is 0 Å². The zero-order valence-corrected chi connectivity index (χ0v) is 14.3. The monoisotopic (exact) mass is 336 g/mol. The second-order valence-electron chi connectivity index (χ2n) is 4.56. The van der Waals surface area contributed by atoms with E-state index in [1.54, 1.807) is 11.8 Å². The summed E-state index contributed by atoms with van der Waals surface area (Å²) in [5.74, 6) is 0.971. The Hall–Kier alpha value is -1.23. The number of anilines is 2. The van der Waals surface area contributed by atoms with E-state index in [1.165, 1.54) is 0 Å². The standard InChI is InChI=1S/C16H17ClN2S2/c1-3-21-14-6-4-5-13(15(14)16(18)20)19-12-8-7-11(17)9-10(12)2/h4-9,19H,3H2,1-2H3,(H2,18,20). The predicted octanol–water partition coefficient (Wildman–Crippen LogP) is 5.14. The molecule has 0 saturated carbocycles. The van der Waals surface area contributed by atoms with Gasteiger partial charge in [0.05, 0.1) is 0 Å². The molecule has 2 rings (SSSR count). The third-order valence-corrected chi connectivity index (χ3v) is 4.41. The molecular weight excluding hydrogens is 320 g/mol. The molecule has 0 fully saturated rings. The first-order chi connectivity index (χ1) is 10.0. The van der Waals surface area contributed by atoms with Crippen molar-refractivity contribution in [2.45, 2.75) is 18.7 Å². The summed E-state index contributed by atoms with van der Waals surface area (Å²) in [4.78, 5) is 1.50. The molecular formula is C16H17ClN2S2. The smallest absolute Gasteiger partial charge is 0.107 e. The van der Waals surface area contributed by atoms with Gasteiger partial charge in [-0.15, -0.1) is 11.8 Å². The minimum Gasteiger partial charge on any atom is -0.389 e. The Morgan fingerprint density at radius 2 is 2.05 bits per heavy atom. The summed E-state index contributed by atoms with van der Waals surface area (Å²) in [6.45, 7) is 4.12. The minimum absolute atomic E-state index is 0.403. The van der Waals surface area contributed by atoms with Crippen molar-refractivity contribution >= 4 is 51.9 Å². The molecule has 2 aromatic rings. The van der Waals surface area contributed by atoms with Gasteiger partial charge in [-0.05, 0) is 48.6 Å². The summed E-state index contributed by atoms with van der Waals surface area (Å²) in [5, 5.41) is 4.13. The number of nitrogens with one attached hydrogen (secondary N) is 1. The fourth-order valence-electron chi connectivity index (χ4n) is 2.08. The molecule has 21 heavy (non-hydrogen) atoms. The summed E-state index contributed by atoms with van der Waals surface area (Å²) in [5.41, 5.74) is 9.81. The van der Waals surface area contributed by atoms with Crippen LogP contribution < -0.4 is 11.1 Å². The first-order valence-electron chi connectivity index (χ1n) is 6.61. The van der Waals surface area contributed by atoms with Gasteiger partial charge >= 0.3 is 0 Å². The first kappa shape index (κ1) is 16.1. The van der Waals surface area contributed by atoms with Gasteiger partial charge in [-0.2, -0.15) is 0 Å². The van der Waals surface area contributed by atoms with Crippen molar-refractivity contribution in [2.24, 2.45) is 5.73 Å². The maximum absolute atomic E-state index is 6.00. The van der Waals surface area contributed by atoms with Crippen molar-refractivity contribution in [3.05, 3.63) is 52.5 Å². The van der Waals surface area contributed by atoms with E-state index < -0.39 is 0 Å². The largest absolute Gasteiger partial charge is 0.389 e. The van der Waals surface area contributed by atoms with E-state index in [4.69, 9.17) is 29.6 Å². The van der Waals surface area contributed by atoms with Gasteiger partial charge in [0.1, 0.15) is 4.99 Å². The Morgan fingerprint density at radius 3 is 2.67 bits per heavy atom. The summed E-state index contributed by atoms with van der Waals surface area (Å²) in [6, 6.07) is 11.8. The molecule has 0 aromatic heterocycles. The van der Waals surface area contributed by atoms with E-state index in [9.17, 15) is 0 Å². The maximum atomic E-state index is 6.00. The van der Waals surface area contributed by atoms with Crippen LogP contribution in [0.1, 0.15) is 18.1 Å². The van der Waals surface area contributed by atoms with Crippen LogP contribution in [-0.4, -0.2) is 10.7 Å². The Balaban J connectivity index is 2.43. The lowest BCUT2D eigenvalue weighted by molar-refractivity contribution is 1.36. The van der Waals surface area contributed by atoms with Crippen LogP contribution in [0.5, 0.6) is 0 Å². The third kappa shape index (κ3) is 3.90. The average Bonchev–Trinajstić information content (AvgIpc) is 2.42. The maximum Gasteiger partial charge on any atom is 0.107 e. The predicted molar refractivity (Wildman–Crippen MR) is 98.2 cm³/mol. The molecule has 0 unspecified atom stereocenters. The number of hydrogen-bond donors (Lipinski definition) is 2. The number of aryl methyl sites for hydroxylation is 1. The molecule has 3 N–H and O–H groups in total. The zero-order chi connectivity index (χ0) is 15.4. The Labute approximate surface area is 140 Å². The van der Waals surface area contributed by atoms with Gasteiger partial charge in [0, 0.05) is 26.9 Å².